The first-order valence-corrected chi connectivity index (χ1v) is 7.95. The molecule has 24 heavy (non-hydrogen) atoms. The number of hydrogen-bond donors (Lipinski definition) is 3. The quantitative estimate of drug-likeness (QED) is 0.421. The molecule has 122 valence electrons. The zero-order valence-corrected chi connectivity index (χ0v) is 12.8. The second-order valence-electron chi connectivity index (χ2n) is 4.55. The topological polar surface area (TPSA) is 154 Å². The molecule has 0 aliphatic carbocycles. The predicted molar refractivity (Wildman–Crippen MR) is 82.2 cm³/mol. The molecule has 0 saturated carbocycles. The fourth-order valence-electron chi connectivity index (χ4n) is 1.81. The van der Waals surface area contributed by atoms with Crippen molar-refractivity contribution in [2.45, 2.75) is 0 Å². The van der Waals surface area contributed by atoms with Crippen molar-refractivity contribution in [2.24, 2.45) is 0 Å². The number of carbonyl (C=O) groups is 1. The highest BCUT2D eigenvalue weighted by atomic mass is 31.2. The highest BCUT2D eigenvalue weighted by molar-refractivity contribution is 7.76. The van der Waals surface area contributed by atoms with Crippen molar-refractivity contribution in [2.75, 3.05) is 0 Å². The molecule has 0 aromatic heterocycles. The summed E-state index contributed by atoms with van der Waals surface area (Å²) in [6.45, 7) is 0. The second-order valence-corrected chi connectivity index (χ2v) is 6.10. The smallest absolute Gasteiger partial charge is 0.456 e. The predicted octanol–water partition coefficient (Wildman–Crippen LogP) is 2.14. The highest BCUT2D eigenvalue weighted by Gasteiger charge is 2.45. The Bertz CT molecular complexity index is 855. The van der Waals surface area contributed by atoms with Crippen LogP contribution < -0.4 is 4.74 Å². The van der Waals surface area contributed by atoms with E-state index in [0.29, 0.717) is 0 Å². The lowest BCUT2D eigenvalue weighted by molar-refractivity contribution is -0.384. The molecular weight excluding hydrogens is 339 g/mol. The Morgan fingerprint density at radius 1 is 1.21 bits per heavy atom. The van der Waals surface area contributed by atoms with Crippen LogP contribution in [-0.2, 0) is 0 Å². The molecule has 0 heterocycles. The lowest BCUT2D eigenvalue weighted by atomic mass is 10.2. The Labute approximate surface area is 135 Å². The van der Waals surface area contributed by atoms with Gasteiger partial charge in [0.2, 0.25) is 0 Å². The number of benzene rings is 2. The first-order valence-electron chi connectivity index (χ1n) is 6.31. The van der Waals surface area contributed by atoms with Crippen LogP contribution in [0.4, 0.5) is 5.69 Å². The number of nitrogens with zero attached hydrogens (tertiary/aromatic N) is 2. The van der Waals surface area contributed by atoms with Gasteiger partial charge in [-0.2, -0.15) is 19.9 Å². The van der Waals surface area contributed by atoms with Crippen LogP contribution in [0.25, 0.3) is 0 Å². The van der Waals surface area contributed by atoms with Gasteiger partial charge in [-0.05, 0) is 24.3 Å². The summed E-state index contributed by atoms with van der Waals surface area (Å²) in [5, 5.41) is 19.7. The molecule has 3 N–H and O–H groups in total. The molecule has 2 aromatic rings. The van der Waals surface area contributed by atoms with Crippen LogP contribution in [0, 0.1) is 21.4 Å². The van der Waals surface area contributed by atoms with Gasteiger partial charge < -0.3 is 4.74 Å². The molecule has 0 atom stereocenters. The van der Waals surface area contributed by atoms with Crippen LogP contribution in [0.2, 0.25) is 0 Å². The molecule has 9 nitrogen and oxygen atoms in total. The Balaban J connectivity index is 2.50. The van der Waals surface area contributed by atoms with Gasteiger partial charge in [-0.3, -0.25) is 10.1 Å². The summed E-state index contributed by atoms with van der Waals surface area (Å²) in [6, 6.07) is 10.6. The molecule has 0 unspecified atom stereocenters. The van der Waals surface area contributed by atoms with E-state index in [1.165, 1.54) is 24.3 Å². The molecule has 0 saturated heterocycles. The summed E-state index contributed by atoms with van der Waals surface area (Å²) in [6.07, 6.45) is 0. The van der Waals surface area contributed by atoms with Crippen molar-refractivity contribution >= 4 is 19.2 Å². The van der Waals surface area contributed by atoms with E-state index >= 15 is 0 Å². The molecule has 10 heteroatoms. The summed E-state index contributed by atoms with van der Waals surface area (Å²) >= 11 is 0. The minimum absolute atomic E-state index is 0.148. The maximum absolute atomic E-state index is 11.9. The van der Waals surface area contributed by atoms with E-state index in [2.05, 4.69) is 0 Å². The average molecular weight is 349 g/mol. The lowest BCUT2D eigenvalue weighted by Gasteiger charge is -2.10. The first kappa shape index (κ1) is 17.5. The molecular formula is C14H10N2O7P+. The average Bonchev–Trinajstić information content (AvgIpc) is 2.53. The van der Waals surface area contributed by atoms with Crippen molar-refractivity contribution in [1.29, 1.82) is 5.26 Å². The summed E-state index contributed by atoms with van der Waals surface area (Å²) < 4.78 is 5.39. The van der Waals surface area contributed by atoms with Crippen LogP contribution >= 0.6 is 7.94 Å². The largest absolute Gasteiger partial charge is 0.484 e. The van der Waals surface area contributed by atoms with Crippen molar-refractivity contribution in [1.82, 2.24) is 0 Å². The lowest BCUT2D eigenvalue weighted by Crippen LogP contribution is -2.08. The number of ether oxygens (including phenoxy) is 1. The minimum Gasteiger partial charge on any atom is -0.456 e. The third-order valence-corrected chi connectivity index (χ3v) is 3.65. The van der Waals surface area contributed by atoms with Crippen LogP contribution in [0.15, 0.2) is 42.5 Å². The molecule has 2 aromatic carbocycles. The van der Waals surface area contributed by atoms with Gasteiger partial charge in [0.25, 0.3) is 5.69 Å². The third-order valence-electron chi connectivity index (χ3n) is 2.87. The van der Waals surface area contributed by atoms with E-state index in [1.807, 2.05) is 6.07 Å². The monoisotopic (exact) mass is 349 g/mol. The van der Waals surface area contributed by atoms with Crippen LogP contribution in [0.5, 0.6) is 11.5 Å². The number of non-ortho nitro benzene ring substituents is 1. The maximum Gasteiger partial charge on any atom is 0.484 e. The molecule has 0 amide bonds. The van der Waals surface area contributed by atoms with Gasteiger partial charge in [0.05, 0.1) is 16.6 Å². The number of rotatable bonds is 5. The van der Waals surface area contributed by atoms with E-state index < -0.39 is 29.6 Å². The van der Waals surface area contributed by atoms with E-state index in [9.17, 15) is 14.9 Å². The highest BCUT2D eigenvalue weighted by Crippen LogP contribution is 2.50. The van der Waals surface area contributed by atoms with E-state index in [4.69, 9.17) is 24.7 Å². The second kappa shape index (κ2) is 6.70. The van der Waals surface area contributed by atoms with Gasteiger partial charge in [0.15, 0.2) is 0 Å². The van der Waals surface area contributed by atoms with Gasteiger partial charge in [-0.1, -0.05) is 6.07 Å². The van der Waals surface area contributed by atoms with E-state index in [0.717, 1.165) is 18.2 Å². The number of hydrogen-bond acceptors (Lipinski definition) is 8. The molecule has 2 rings (SSSR count). The van der Waals surface area contributed by atoms with Gasteiger partial charge in [-0.25, -0.2) is 4.79 Å². The SMILES string of the molecule is N#Cc1cccc(Oc2ccc([N+](=O)[O-])cc2C(=O)[P+](O)(O)O)c1. The summed E-state index contributed by atoms with van der Waals surface area (Å²) in [5.74, 6) is -0.0862. The maximum atomic E-state index is 11.9. The Morgan fingerprint density at radius 2 is 1.92 bits per heavy atom. The molecule has 0 aliphatic heterocycles. The third kappa shape index (κ3) is 3.90. The van der Waals surface area contributed by atoms with Crippen molar-refractivity contribution < 1.29 is 29.1 Å². The Kier molecular flexibility index (Phi) is 4.87. The molecule has 0 fully saturated rings. The van der Waals surface area contributed by atoms with Gasteiger partial charge in [0, 0.05) is 12.1 Å². The first-order chi connectivity index (χ1) is 11.2. The zero-order chi connectivity index (χ0) is 17.9. The van der Waals surface area contributed by atoms with Crippen molar-refractivity contribution in [3.05, 3.63) is 63.7 Å². The summed E-state index contributed by atoms with van der Waals surface area (Å²) in [7, 11) is -4.92. The Morgan fingerprint density at radius 3 is 2.50 bits per heavy atom. The van der Waals surface area contributed by atoms with Gasteiger partial charge >= 0.3 is 13.5 Å². The van der Waals surface area contributed by atoms with E-state index in [-0.39, 0.29) is 17.1 Å². The number of carbonyl (C=O) groups excluding carboxylic acids is 1. The van der Waals surface area contributed by atoms with Crippen molar-refractivity contribution in [3.63, 3.8) is 0 Å². The standard InChI is InChI=1S/C14H10N2O7P/c15-8-9-2-1-3-11(6-9)23-13-5-4-10(16(18)19)7-12(13)14(17)24(20,21)22/h1-7,20-22H/q+1. The molecule has 0 radical (unpaired) electrons. The van der Waals surface area contributed by atoms with E-state index in [1.54, 1.807) is 0 Å². The molecule has 0 bridgehead atoms. The number of nitro groups is 1. The zero-order valence-electron chi connectivity index (χ0n) is 11.9. The summed E-state index contributed by atoms with van der Waals surface area (Å²) in [5.41, 5.74) is -2.27. The molecule has 0 aliphatic rings. The minimum atomic E-state index is -4.92. The number of nitriles is 1. The summed E-state index contributed by atoms with van der Waals surface area (Å²) in [4.78, 5) is 49.4. The van der Waals surface area contributed by atoms with Crippen molar-refractivity contribution in [3.8, 4) is 17.6 Å². The fourth-order valence-corrected chi connectivity index (χ4v) is 2.30. The fraction of sp³-hybridized carbons (Fsp3) is 0. The number of nitro benzene ring substituents is 1. The normalized spacial score (nSPS) is 10.8. The van der Waals surface area contributed by atoms with Gasteiger partial charge in [-0.15, -0.1) is 0 Å². The Hall–Kier alpha value is -2.89. The van der Waals surface area contributed by atoms with Gasteiger partial charge in [0.1, 0.15) is 17.1 Å². The van der Waals surface area contributed by atoms with Crippen LogP contribution in [0.3, 0.4) is 0 Å². The van der Waals surface area contributed by atoms with Crippen LogP contribution in [-0.4, -0.2) is 25.1 Å². The van der Waals surface area contributed by atoms with Crippen LogP contribution in [0.1, 0.15) is 15.9 Å². The molecule has 0 spiro atoms.